The number of nitrogens with zero attached hydrogens (tertiary/aromatic N) is 2. The van der Waals surface area contributed by atoms with Crippen molar-refractivity contribution in [1.82, 2.24) is 4.31 Å². The summed E-state index contributed by atoms with van der Waals surface area (Å²) in [6.45, 7) is 0.962. The van der Waals surface area contributed by atoms with Gasteiger partial charge in [-0.05, 0) is 18.2 Å². The Morgan fingerprint density at radius 2 is 2.06 bits per heavy atom. The summed E-state index contributed by atoms with van der Waals surface area (Å²) in [5.74, 6) is -0.614. The number of hydrogen-bond acceptors (Lipinski definition) is 2. The summed E-state index contributed by atoms with van der Waals surface area (Å²) in [4.78, 5) is 0. The Kier molecular flexibility index (Phi) is 2.81. The van der Waals surface area contributed by atoms with Crippen molar-refractivity contribution < 1.29 is 12.8 Å². The molecule has 16 heavy (non-hydrogen) atoms. The molecule has 0 atom stereocenters. The van der Waals surface area contributed by atoms with Crippen LogP contribution in [0.3, 0.4) is 0 Å². The van der Waals surface area contributed by atoms with Gasteiger partial charge in [-0.2, -0.15) is 12.7 Å². The maximum absolute atomic E-state index is 13.5. The first kappa shape index (κ1) is 11.6. The largest absolute Gasteiger partial charge is 0.304 e. The summed E-state index contributed by atoms with van der Waals surface area (Å²) in [6.07, 6.45) is 0. The highest BCUT2D eigenvalue weighted by Gasteiger charge is 2.36. The summed E-state index contributed by atoms with van der Waals surface area (Å²) in [5, 5.41) is 0.296. The molecule has 0 bridgehead atoms. The first-order valence-electron chi connectivity index (χ1n) is 4.62. The van der Waals surface area contributed by atoms with Crippen molar-refractivity contribution in [2.24, 2.45) is 0 Å². The molecule has 1 aromatic rings. The predicted octanol–water partition coefficient (Wildman–Crippen LogP) is 1.48. The van der Waals surface area contributed by atoms with Gasteiger partial charge in [0.05, 0.1) is 5.69 Å². The maximum atomic E-state index is 13.5. The lowest BCUT2D eigenvalue weighted by Gasteiger charge is -2.20. The SMILES string of the molecule is CN(c1cc(Cl)ccc1F)S(=O)(=O)N1CC1. The van der Waals surface area contributed by atoms with Gasteiger partial charge in [-0.3, -0.25) is 4.31 Å². The Morgan fingerprint density at radius 3 is 2.62 bits per heavy atom. The molecular formula is C9H10ClFN2O2S. The maximum Gasteiger partial charge on any atom is 0.304 e. The lowest BCUT2D eigenvalue weighted by atomic mass is 10.3. The minimum atomic E-state index is -3.59. The van der Waals surface area contributed by atoms with Crippen LogP contribution in [0.15, 0.2) is 18.2 Å². The van der Waals surface area contributed by atoms with Crippen LogP contribution in [0.1, 0.15) is 0 Å². The van der Waals surface area contributed by atoms with Gasteiger partial charge in [-0.25, -0.2) is 4.39 Å². The van der Waals surface area contributed by atoms with Gasteiger partial charge in [0, 0.05) is 25.2 Å². The van der Waals surface area contributed by atoms with E-state index in [1.54, 1.807) is 0 Å². The van der Waals surface area contributed by atoms with E-state index in [9.17, 15) is 12.8 Å². The Hall–Kier alpha value is -0.850. The molecular weight excluding hydrogens is 255 g/mol. The average molecular weight is 265 g/mol. The molecule has 1 aromatic carbocycles. The standard InChI is InChI=1S/C9H10ClFN2O2S/c1-12(16(14,15)13-4-5-13)9-6-7(10)2-3-8(9)11/h2-3,6H,4-5H2,1H3. The molecule has 2 rings (SSSR count). The van der Waals surface area contributed by atoms with E-state index >= 15 is 0 Å². The third kappa shape index (κ3) is 2.00. The van der Waals surface area contributed by atoms with E-state index in [0.29, 0.717) is 18.1 Å². The molecule has 4 nitrogen and oxygen atoms in total. The van der Waals surface area contributed by atoms with Crippen LogP contribution < -0.4 is 4.31 Å². The van der Waals surface area contributed by atoms with Crippen molar-refractivity contribution in [3.8, 4) is 0 Å². The monoisotopic (exact) mass is 264 g/mol. The highest BCUT2D eigenvalue weighted by Crippen LogP contribution is 2.27. The fraction of sp³-hybridized carbons (Fsp3) is 0.333. The zero-order chi connectivity index (χ0) is 11.9. The summed E-state index contributed by atoms with van der Waals surface area (Å²) in [5.41, 5.74) is -0.0422. The van der Waals surface area contributed by atoms with E-state index in [2.05, 4.69) is 0 Å². The third-order valence-corrected chi connectivity index (χ3v) is 4.47. The molecule has 1 aliphatic heterocycles. The van der Waals surface area contributed by atoms with E-state index < -0.39 is 16.0 Å². The quantitative estimate of drug-likeness (QED) is 0.776. The minimum Gasteiger partial charge on any atom is -0.258 e. The molecule has 0 saturated carbocycles. The van der Waals surface area contributed by atoms with E-state index in [4.69, 9.17) is 11.6 Å². The van der Waals surface area contributed by atoms with Gasteiger partial charge in [-0.1, -0.05) is 11.6 Å². The molecule has 0 unspecified atom stereocenters. The van der Waals surface area contributed by atoms with Crippen molar-refractivity contribution in [2.45, 2.75) is 0 Å². The van der Waals surface area contributed by atoms with E-state index in [1.807, 2.05) is 0 Å². The zero-order valence-electron chi connectivity index (χ0n) is 8.52. The van der Waals surface area contributed by atoms with Crippen LogP contribution in [0.2, 0.25) is 5.02 Å². The normalized spacial score (nSPS) is 16.2. The fourth-order valence-electron chi connectivity index (χ4n) is 1.30. The lowest BCUT2D eigenvalue weighted by molar-refractivity contribution is 0.558. The van der Waals surface area contributed by atoms with Gasteiger partial charge in [0.2, 0.25) is 0 Å². The molecule has 0 aromatic heterocycles. The highest BCUT2D eigenvalue weighted by molar-refractivity contribution is 7.90. The predicted molar refractivity (Wildman–Crippen MR) is 60.3 cm³/mol. The van der Waals surface area contributed by atoms with Gasteiger partial charge < -0.3 is 0 Å². The second-order valence-corrected chi connectivity index (χ2v) is 5.87. The number of anilines is 1. The molecule has 1 aliphatic rings. The Morgan fingerprint density at radius 1 is 1.44 bits per heavy atom. The molecule has 7 heteroatoms. The zero-order valence-corrected chi connectivity index (χ0v) is 10.1. The average Bonchev–Trinajstić information content (AvgIpc) is 3.04. The summed E-state index contributed by atoms with van der Waals surface area (Å²) in [6, 6.07) is 3.81. The molecule has 0 amide bonds. The number of rotatable bonds is 3. The third-order valence-electron chi connectivity index (χ3n) is 2.33. The van der Waals surface area contributed by atoms with Crippen LogP contribution in [0.4, 0.5) is 10.1 Å². The van der Waals surface area contributed by atoms with Crippen LogP contribution in [0.5, 0.6) is 0 Å². The molecule has 1 saturated heterocycles. The number of halogens is 2. The second kappa shape index (κ2) is 3.87. The van der Waals surface area contributed by atoms with Crippen LogP contribution in [0.25, 0.3) is 0 Å². The van der Waals surface area contributed by atoms with Crippen molar-refractivity contribution in [1.29, 1.82) is 0 Å². The summed E-state index contributed by atoms with van der Waals surface area (Å²) < 4.78 is 39.2. The van der Waals surface area contributed by atoms with Crippen LogP contribution >= 0.6 is 11.6 Å². The van der Waals surface area contributed by atoms with Crippen LogP contribution in [0, 0.1) is 5.82 Å². The van der Waals surface area contributed by atoms with Crippen LogP contribution in [-0.2, 0) is 10.2 Å². The smallest absolute Gasteiger partial charge is 0.258 e. The van der Waals surface area contributed by atoms with Gasteiger partial charge in [-0.15, -0.1) is 0 Å². The van der Waals surface area contributed by atoms with Crippen molar-refractivity contribution in [3.63, 3.8) is 0 Å². The van der Waals surface area contributed by atoms with Crippen molar-refractivity contribution >= 4 is 27.5 Å². The molecule has 1 fully saturated rings. The van der Waals surface area contributed by atoms with Crippen molar-refractivity contribution in [2.75, 3.05) is 24.4 Å². The minimum absolute atomic E-state index is 0.0422. The first-order valence-corrected chi connectivity index (χ1v) is 6.39. The van der Waals surface area contributed by atoms with E-state index in [-0.39, 0.29) is 5.69 Å². The molecule has 0 aliphatic carbocycles. The molecule has 0 N–H and O–H groups in total. The van der Waals surface area contributed by atoms with Crippen LogP contribution in [-0.4, -0.2) is 32.9 Å². The van der Waals surface area contributed by atoms with Gasteiger partial charge in [0.25, 0.3) is 0 Å². The summed E-state index contributed by atoms with van der Waals surface area (Å²) in [7, 11) is -2.28. The van der Waals surface area contributed by atoms with Gasteiger partial charge >= 0.3 is 10.2 Å². The van der Waals surface area contributed by atoms with E-state index in [1.165, 1.54) is 23.5 Å². The Labute approximate surface area is 98.4 Å². The lowest BCUT2D eigenvalue weighted by Crippen LogP contribution is -2.32. The molecule has 88 valence electrons. The molecule has 0 radical (unpaired) electrons. The highest BCUT2D eigenvalue weighted by atomic mass is 35.5. The van der Waals surface area contributed by atoms with E-state index in [0.717, 1.165) is 10.4 Å². The topological polar surface area (TPSA) is 40.4 Å². The summed E-state index contributed by atoms with van der Waals surface area (Å²) >= 11 is 5.70. The van der Waals surface area contributed by atoms with Gasteiger partial charge in [0.1, 0.15) is 5.82 Å². The Balaban J connectivity index is 2.40. The Bertz CT molecular complexity index is 516. The molecule has 0 spiro atoms. The van der Waals surface area contributed by atoms with Gasteiger partial charge in [0.15, 0.2) is 0 Å². The molecule has 1 heterocycles. The first-order chi connectivity index (χ1) is 7.43. The van der Waals surface area contributed by atoms with Crippen molar-refractivity contribution in [3.05, 3.63) is 29.0 Å². The number of benzene rings is 1. The fourth-order valence-corrected chi connectivity index (χ4v) is 2.74. The number of hydrogen-bond donors (Lipinski definition) is 0. The second-order valence-electron chi connectivity index (χ2n) is 3.47.